The lowest BCUT2D eigenvalue weighted by Gasteiger charge is -2.45. The van der Waals surface area contributed by atoms with Crippen molar-refractivity contribution < 1.29 is 27.3 Å². The molecule has 0 bridgehead atoms. The molecule has 0 radical (unpaired) electrons. The van der Waals surface area contributed by atoms with E-state index in [9.17, 15) is 23.3 Å². The Labute approximate surface area is 227 Å². The van der Waals surface area contributed by atoms with Gasteiger partial charge in [-0.05, 0) is 35.2 Å². The molecule has 9 nitrogen and oxygen atoms in total. The maximum Gasteiger partial charge on any atom is 0.327 e. The predicted octanol–water partition coefficient (Wildman–Crippen LogP) is 5.91. The molecule has 0 amide bonds. The molecule has 0 fully saturated rings. The third-order valence-electron chi connectivity index (χ3n) is 7.12. The van der Waals surface area contributed by atoms with Gasteiger partial charge in [0, 0.05) is 13.1 Å². The van der Waals surface area contributed by atoms with Gasteiger partial charge in [-0.1, -0.05) is 84.0 Å². The van der Waals surface area contributed by atoms with Crippen LogP contribution in [-0.4, -0.2) is 51.1 Å². The Hall–Kier alpha value is -2.60. The average molecular weight is 565 g/mol. The van der Waals surface area contributed by atoms with Gasteiger partial charge in [-0.2, -0.15) is 4.31 Å². The van der Waals surface area contributed by atoms with Crippen molar-refractivity contribution in [2.24, 2.45) is 0 Å². The minimum Gasteiger partial charge on any atom is -0.460 e. The zero-order chi connectivity index (χ0) is 28.8. The van der Waals surface area contributed by atoms with Crippen LogP contribution in [0.15, 0.2) is 59.5 Å². The number of para-hydroxylation sites is 1. The summed E-state index contributed by atoms with van der Waals surface area (Å²) in [5.74, 6) is -0.787. The van der Waals surface area contributed by atoms with Gasteiger partial charge >= 0.3 is 5.97 Å². The second kappa shape index (κ2) is 13.0. The summed E-state index contributed by atoms with van der Waals surface area (Å²) >= 11 is 0. The van der Waals surface area contributed by atoms with Crippen LogP contribution in [0.2, 0.25) is 16.6 Å². The molecule has 0 aliphatic rings. The van der Waals surface area contributed by atoms with Gasteiger partial charge in [0.1, 0.15) is 12.6 Å². The first-order valence-corrected chi connectivity index (χ1v) is 16.4. The third kappa shape index (κ3) is 6.69. The minimum absolute atomic E-state index is 0.0522. The van der Waals surface area contributed by atoms with Gasteiger partial charge in [0.15, 0.2) is 4.90 Å². The van der Waals surface area contributed by atoms with E-state index in [0.29, 0.717) is 0 Å². The molecular weight excluding hydrogens is 524 g/mol. The number of benzene rings is 2. The quantitative estimate of drug-likeness (QED) is 0.129. The fourth-order valence-electron chi connectivity index (χ4n) is 5.38. The lowest BCUT2D eigenvalue weighted by molar-refractivity contribution is -0.387. The van der Waals surface area contributed by atoms with Crippen molar-refractivity contribution in [1.82, 2.24) is 4.31 Å². The van der Waals surface area contributed by atoms with E-state index in [1.807, 2.05) is 18.2 Å². The van der Waals surface area contributed by atoms with Crippen LogP contribution < -0.4 is 0 Å². The highest BCUT2D eigenvalue weighted by Crippen LogP contribution is 2.43. The SMILES string of the molecule is CC(C)[Si](O[C@H](C)[C@@H](C(=O)OCc1ccccc1)N(C)S(=O)(=O)c1ccccc1[N+](=O)[O-])(C(C)C)C(C)C. The first-order chi connectivity index (χ1) is 17.7. The van der Waals surface area contributed by atoms with Crippen LogP contribution in [-0.2, 0) is 30.6 Å². The van der Waals surface area contributed by atoms with Gasteiger partial charge in [-0.25, -0.2) is 8.42 Å². The molecule has 0 spiro atoms. The molecule has 0 aromatic heterocycles. The van der Waals surface area contributed by atoms with Crippen LogP contribution in [0.5, 0.6) is 0 Å². The van der Waals surface area contributed by atoms with Gasteiger partial charge < -0.3 is 9.16 Å². The zero-order valence-corrected chi connectivity index (χ0v) is 25.3. The number of ether oxygens (including phenoxy) is 1. The number of carbonyl (C=O) groups excluding carboxylic acids is 1. The van der Waals surface area contributed by atoms with E-state index in [2.05, 4.69) is 41.5 Å². The van der Waals surface area contributed by atoms with Crippen LogP contribution in [0.3, 0.4) is 0 Å². The molecular formula is C27H40N2O7SSi. The normalized spacial score (nSPS) is 14.2. The number of likely N-dealkylation sites (N-methyl/N-ethyl adjacent to an activating group) is 1. The van der Waals surface area contributed by atoms with Crippen molar-refractivity contribution in [3.05, 3.63) is 70.3 Å². The van der Waals surface area contributed by atoms with E-state index in [4.69, 9.17) is 9.16 Å². The molecule has 210 valence electrons. The van der Waals surface area contributed by atoms with Crippen molar-refractivity contribution in [1.29, 1.82) is 0 Å². The van der Waals surface area contributed by atoms with E-state index in [0.717, 1.165) is 22.0 Å². The maximum absolute atomic E-state index is 13.7. The molecule has 2 aromatic rings. The molecule has 0 heterocycles. The first kappa shape index (κ1) is 31.6. The summed E-state index contributed by atoms with van der Waals surface area (Å²) in [7, 11) is -5.77. The van der Waals surface area contributed by atoms with Crippen LogP contribution in [0, 0.1) is 10.1 Å². The zero-order valence-electron chi connectivity index (χ0n) is 23.5. The standard InChI is InChI=1S/C27H40N2O7SSi/c1-19(2)38(20(3)4,21(5)6)36-22(7)26(27(30)35-18-23-14-10-9-11-15-23)28(8)37(33,34)25-17-13-12-16-24(25)29(31)32/h9-17,19-22,26H,18H2,1-8H3/t22-,26+/m1/s1. The van der Waals surface area contributed by atoms with Crippen LogP contribution in [0.25, 0.3) is 0 Å². The largest absolute Gasteiger partial charge is 0.460 e. The van der Waals surface area contributed by atoms with Gasteiger partial charge in [0.2, 0.25) is 8.32 Å². The number of nitrogens with zero attached hydrogens (tertiary/aromatic N) is 2. The average Bonchev–Trinajstić information content (AvgIpc) is 2.85. The smallest absolute Gasteiger partial charge is 0.327 e. The number of hydrogen-bond donors (Lipinski definition) is 0. The molecule has 38 heavy (non-hydrogen) atoms. The Balaban J connectivity index is 2.56. The summed E-state index contributed by atoms with van der Waals surface area (Å²) in [6.45, 7) is 14.2. The van der Waals surface area contributed by atoms with Gasteiger partial charge in [0.05, 0.1) is 11.0 Å². The Kier molecular flexibility index (Phi) is 10.8. The number of esters is 1. The van der Waals surface area contributed by atoms with E-state index >= 15 is 0 Å². The first-order valence-electron chi connectivity index (χ1n) is 12.8. The summed E-state index contributed by atoms with van der Waals surface area (Å²) in [4.78, 5) is 23.9. The number of nitro groups is 1. The van der Waals surface area contributed by atoms with Gasteiger partial charge in [-0.3, -0.25) is 14.9 Å². The lowest BCUT2D eigenvalue weighted by atomic mass is 10.2. The number of rotatable bonds is 13. The topological polar surface area (TPSA) is 116 Å². The maximum atomic E-state index is 13.7. The van der Waals surface area contributed by atoms with Crippen molar-refractivity contribution in [3.63, 3.8) is 0 Å². The summed E-state index contributed by atoms with van der Waals surface area (Å²) in [5.41, 5.74) is 0.724. The Bertz CT molecular complexity index is 1180. The Morgan fingerprint density at radius 2 is 1.42 bits per heavy atom. The van der Waals surface area contributed by atoms with Gasteiger partial charge in [0.25, 0.3) is 15.7 Å². The molecule has 0 unspecified atom stereocenters. The molecule has 2 rings (SSSR count). The van der Waals surface area contributed by atoms with E-state index < -0.39 is 52.0 Å². The summed E-state index contributed by atoms with van der Waals surface area (Å²) < 4.78 is 40.7. The fourth-order valence-corrected chi connectivity index (χ4v) is 12.5. The Morgan fingerprint density at radius 1 is 0.921 bits per heavy atom. The molecule has 2 atom stereocenters. The van der Waals surface area contributed by atoms with Crippen LogP contribution >= 0.6 is 0 Å². The van der Waals surface area contributed by atoms with Crippen LogP contribution in [0.4, 0.5) is 5.69 Å². The molecule has 0 aliphatic carbocycles. The molecule has 0 saturated carbocycles. The molecule has 0 N–H and O–H groups in total. The highest BCUT2D eigenvalue weighted by Gasteiger charge is 2.49. The highest BCUT2D eigenvalue weighted by molar-refractivity contribution is 7.89. The number of hydrogen-bond acceptors (Lipinski definition) is 7. The van der Waals surface area contributed by atoms with Crippen molar-refractivity contribution in [2.45, 2.75) is 88.7 Å². The summed E-state index contributed by atoms with van der Waals surface area (Å²) in [6.07, 6.45) is -0.875. The number of nitro benzene ring substituents is 1. The Morgan fingerprint density at radius 3 is 1.92 bits per heavy atom. The predicted molar refractivity (Wildman–Crippen MR) is 150 cm³/mol. The molecule has 0 saturated heterocycles. The third-order valence-corrected chi connectivity index (χ3v) is 15.2. The van der Waals surface area contributed by atoms with Crippen molar-refractivity contribution in [2.75, 3.05) is 7.05 Å². The summed E-state index contributed by atoms with van der Waals surface area (Å²) in [5, 5.41) is 11.6. The van der Waals surface area contributed by atoms with Gasteiger partial charge in [-0.15, -0.1) is 0 Å². The number of carbonyl (C=O) groups is 1. The van der Waals surface area contributed by atoms with E-state index in [1.54, 1.807) is 19.1 Å². The lowest BCUT2D eigenvalue weighted by Crippen LogP contribution is -2.57. The minimum atomic E-state index is -4.48. The van der Waals surface area contributed by atoms with Crippen molar-refractivity contribution >= 4 is 30.0 Å². The second-order valence-corrected chi connectivity index (χ2v) is 17.8. The highest BCUT2D eigenvalue weighted by atomic mass is 32.2. The summed E-state index contributed by atoms with van der Waals surface area (Å²) in [6, 6.07) is 12.8. The second-order valence-electron chi connectivity index (χ2n) is 10.4. The molecule has 0 aliphatic heterocycles. The fraction of sp³-hybridized carbons (Fsp3) is 0.519. The van der Waals surface area contributed by atoms with E-state index in [-0.39, 0.29) is 23.2 Å². The van der Waals surface area contributed by atoms with Crippen molar-refractivity contribution in [3.8, 4) is 0 Å². The monoisotopic (exact) mass is 564 g/mol. The molecule has 2 aromatic carbocycles. The van der Waals surface area contributed by atoms with Crippen LogP contribution in [0.1, 0.15) is 54.0 Å². The molecule has 11 heteroatoms. The number of sulfonamides is 1. The van der Waals surface area contributed by atoms with E-state index in [1.165, 1.54) is 19.2 Å².